The summed E-state index contributed by atoms with van der Waals surface area (Å²) < 4.78 is 2.24. The Bertz CT molecular complexity index is 298. The maximum atomic E-state index is 4.42. The fourth-order valence-corrected chi connectivity index (χ4v) is 2.15. The molecule has 0 aromatic carbocycles. The van der Waals surface area contributed by atoms with Crippen molar-refractivity contribution in [3.8, 4) is 0 Å². The van der Waals surface area contributed by atoms with E-state index in [0.717, 1.165) is 19.0 Å². The number of imidazole rings is 1. The molecular weight excluding hydrogens is 186 g/mol. The number of aromatic nitrogens is 2. The molecule has 1 unspecified atom stereocenters. The summed E-state index contributed by atoms with van der Waals surface area (Å²) in [6.07, 6.45) is 6.84. The van der Waals surface area contributed by atoms with Crippen molar-refractivity contribution in [2.24, 2.45) is 5.92 Å². The molecule has 0 radical (unpaired) electrons. The predicted molar refractivity (Wildman–Crippen MR) is 61.9 cm³/mol. The zero-order chi connectivity index (χ0) is 10.7. The molecule has 1 atom stereocenters. The molecule has 1 aromatic heterocycles. The third-order valence-electron chi connectivity index (χ3n) is 3.11. The Labute approximate surface area is 91.9 Å². The van der Waals surface area contributed by atoms with Gasteiger partial charge in [0.05, 0.1) is 12.0 Å². The Balaban J connectivity index is 1.91. The van der Waals surface area contributed by atoms with Crippen molar-refractivity contribution in [2.75, 3.05) is 13.1 Å². The molecule has 84 valence electrons. The molecule has 3 nitrogen and oxygen atoms in total. The molecule has 1 fully saturated rings. The molecule has 1 aliphatic rings. The number of hydrogen-bond donors (Lipinski definition) is 1. The first-order chi connectivity index (χ1) is 7.25. The maximum Gasteiger partial charge on any atom is 0.0949 e. The van der Waals surface area contributed by atoms with Crippen LogP contribution in [-0.4, -0.2) is 22.6 Å². The minimum absolute atomic E-state index is 0.538. The van der Waals surface area contributed by atoms with E-state index in [9.17, 15) is 0 Å². The summed E-state index contributed by atoms with van der Waals surface area (Å²) in [5, 5.41) is 3.45. The van der Waals surface area contributed by atoms with Crippen LogP contribution in [0.15, 0.2) is 12.5 Å². The summed E-state index contributed by atoms with van der Waals surface area (Å²) >= 11 is 0. The van der Waals surface area contributed by atoms with Crippen molar-refractivity contribution < 1.29 is 0 Å². The van der Waals surface area contributed by atoms with E-state index in [1.165, 1.54) is 25.1 Å². The monoisotopic (exact) mass is 207 g/mol. The summed E-state index contributed by atoms with van der Waals surface area (Å²) in [5.41, 5.74) is 1.21. The molecule has 3 heteroatoms. The van der Waals surface area contributed by atoms with Crippen LogP contribution in [-0.2, 0) is 6.54 Å². The molecule has 15 heavy (non-hydrogen) atoms. The third kappa shape index (κ3) is 2.81. The molecule has 1 aliphatic heterocycles. The number of rotatable bonds is 3. The van der Waals surface area contributed by atoms with E-state index in [1.807, 2.05) is 6.33 Å². The lowest BCUT2D eigenvalue weighted by Gasteiger charge is -2.22. The standard InChI is InChI=1S/C12H21N3/c1-10(2)12-8-15(9-14-12)7-11-4-3-5-13-6-11/h8-11,13H,3-7H2,1-2H3. The Morgan fingerprint density at radius 1 is 1.60 bits per heavy atom. The van der Waals surface area contributed by atoms with Gasteiger partial charge in [-0.15, -0.1) is 0 Å². The number of nitrogens with one attached hydrogen (secondary N) is 1. The van der Waals surface area contributed by atoms with Crippen LogP contribution < -0.4 is 5.32 Å². The third-order valence-corrected chi connectivity index (χ3v) is 3.11. The summed E-state index contributed by atoms with van der Waals surface area (Å²) in [6.45, 7) is 7.85. The van der Waals surface area contributed by atoms with Crippen LogP contribution in [0, 0.1) is 5.92 Å². The minimum atomic E-state index is 0.538. The maximum absolute atomic E-state index is 4.42. The van der Waals surface area contributed by atoms with Crippen molar-refractivity contribution in [2.45, 2.75) is 39.2 Å². The van der Waals surface area contributed by atoms with Crippen LogP contribution in [0.2, 0.25) is 0 Å². The second-order valence-corrected chi connectivity index (χ2v) is 4.86. The van der Waals surface area contributed by atoms with Gasteiger partial charge in [-0.05, 0) is 37.8 Å². The summed E-state index contributed by atoms with van der Waals surface area (Å²) in [4.78, 5) is 4.42. The van der Waals surface area contributed by atoms with Gasteiger partial charge in [-0.25, -0.2) is 4.98 Å². The van der Waals surface area contributed by atoms with Crippen molar-refractivity contribution in [3.63, 3.8) is 0 Å². The van der Waals surface area contributed by atoms with Gasteiger partial charge in [0.2, 0.25) is 0 Å². The van der Waals surface area contributed by atoms with Gasteiger partial charge in [-0.2, -0.15) is 0 Å². The number of piperidine rings is 1. The van der Waals surface area contributed by atoms with Crippen molar-refractivity contribution in [1.29, 1.82) is 0 Å². The SMILES string of the molecule is CC(C)c1cn(CC2CCCNC2)cn1. The Kier molecular flexibility index (Phi) is 3.41. The molecule has 1 aromatic rings. The molecular formula is C12H21N3. The second-order valence-electron chi connectivity index (χ2n) is 4.86. The van der Waals surface area contributed by atoms with Crippen LogP contribution in [0.3, 0.4) is 0 Å². The largest absolute Gasteiger partial charge is 0.337 e. The quantitative estimate of drug-likeness (QED) is 0.821. The van der Waals surface area contributed by atoms with Crippen LogP contribution in [0.25, 0.3) is 0 Å². The molecule has 2 rings (SSSR count). The van der Waals surface area contributed by atoms with Crippen molar-refractivity contribution in [1.82, 2.24) is 14.9 Å². The number of hydrogen-bond acceptors (Lipinski definition) is 2. The molecule has 0 amide bonds. The van der Waals surface area contributed by atoms with Crippen LogP contribution >= 0.6 is 0 Å². The van der Waals surface area contributed by atoms with Gasteiger partial charge < -0.3 is 9.88 Å². The Hall–Kier alpha value is -0.830. The van der Waals surface area contributed by atoms with Crippen LogP contribution in [0.5, 0.6) is 0 Å². The highest BCUT2D eigenvalue weighted by Gasteiger charge is 2.13. The van der Waals surface area contributed by atoms with Crippen LogP contribution in [0.4, 0.5) is 0 Å². The van der Waals surface area contributed by atoms with E-state index in [2.05, 4.69) is 34.9 Å². The van der Waals surface area contributed by atoms with Gasteiger partial charge in [0, 0.05) is 12.7 Å². The first-order valence-electron chi connectivity index (χ1n) is 5.98. The lowest BCUT2D eigenvalue weighted by Crippen LogP contribution is -2.31. The lowest BCUT2D eigenvalue weighted by atomic mass is 10.00. The highest BCUT2D eigenvalue weighted by atomic mass is 15.0. The minimum Gasteiger partial charge on any atom is -0.337 e. The summed E-state index contributed by atoms with van der Waals surface area (Å²) in [6, 6.07) is 0. The first-order valence-corrected chi connectivity index (χ1v) is 5.98. The normalized spacial score (nSPS) is 22.2. The highest BCUT2D eigenvalue weighted by Crippen LogP contribution is 2.15. The average Bonchev–Trinajstić information content (AvgIpc) is 2.68. The van der Waals surface area contributed by atoms with Crippen molar-refractivity contribution in [3.05, 3.63) is 18.2 Å². The van der Waals surface area contributed by atoms with E-state index in [-0.39, 0.29) is 0 Å². The van der Waals surface area contributed by atoms with Crippen LogP contribution in [0.1, 0.15) is 38.3 Å². The number of nitrogens with zero attached hydrogens (tertiary/aromatic N) is 2. The van der Waals surface area contributed by atoms with E-state index in [1.54, 1.807) is 0 Å². The van der Waals surface area contributed by atoms with E-state index in [4.69, 9.17) is 0 Å². The fraction of sp³-hybridized carbons (Fsp3) is 0.750. The second kappa shape index (κ2) is 4.79. The zero-order valence-electron chi connectivity index (χ0n) is 9.74. The molecule has 0 saturated carbocycles. The smallest absolute Gasteiger partial charge is 0.0949 e. The molecule has 1 saturated heterocycles. The topological polar surface area (TPSA) is 29.9 Å². The van der Waals surface area contributed by atoms with Crippen molar-refractivity contribution >= 4 is 0 Å². The average molecular weight is 207 g/mol. The fourth-order valence-electron chi connectivity index (χ4n) is 2.15. The predicted octanol–water partition coefficient (Wildman–Crippen LogP) is 2.01. The Morgan fingerprint density at radius 2 is 2.47 bits per heavy atom. The first kappa shape index (κ1) is 10.7. The Morgan fingerprint density at radius 3 is 3.07 bits per heavy atom. The highest BCUT2D eigenvalue weighted by molar-refractivity contribution is 5.01. The van der Waals surface area contributed by atoms with E-state index >= 15 is 0 Å². The van der Waals surface area contributed by atoms with Gasteiger partial charge in [0.25, 0.3) is 0 Å². The van der Waals surface area contributed by atoms with Gasteiger partial charge in [0.15, 0.2) is 0 Å². The molecule has 0 bridgehead atoms. The van der Waals surface area contributed by atoms with Gasteiger partial charge in [-0.3, -0.25) is 0 Å². The molecule has 2 heterocycles. The van der Waals surface area contributed by atoms with Gasteiger partial charge >= 0.3 is 0 Å². The lowest BCUT2D eigenvalue weighted by molar-refractivity contribution is 0.337. The summed E-state index contributed by atoms with van der Waals surface area (Å²) in [7, 11) is 0. The van der Waals surface area contributed by atoms with E-state index < -0.39 is 0 Å². The summed E-state index contributed by atoms with van der Waals surface area (Å²) in [5.74, 6) is 1.32. The molecule has 0 aliphatic carbocycles. The van der Waals surface area contributed by atoms with Gasteiger partial charge in [-0.1, -0.05) is 13.8 Å². The molecule has 0 spiro atoms. The van der Waals surface area contributed by atoms with Gasteiger partial charge in [0.1, 0.15) is 0 Å². The zero-order valence-corrected chi connectivity index (χ0v) is 9.74. The molecule has 1 N–H and O–H groups in total. The van der Waals surface area contributed by atoms with E-state index in [0.29, 0.717) is 5.92 Å².